The van der Waals surface area contributed by atoms with Gasteiger partial charge in [-0.3, -0.25) is 0 Å². The molecule has 0 aliphatic carbocycles. The largest absolute Gasteiger partial charge is 0.379 e. The van der Waals surface area contributed by atoms with Crippen molar-refractivity contribution in [1.29, 1.82) is 0 Å². The summed E-state index contributed by atoms with van der Waals surface area (Å²) in [5.41, 5.74) is 2.38. The Morgan fingerprint density at radius 1 is 1.32 bits per heavy atom. The maximum absolute atomic E-state index is 5.46. The van der Waals surface area contributed by atoms with E-state index in [9.17, 15) is 0 Å². The predicted octanol–water partition coefficient (Wildman–Crippen LogP) is 1.79. The van der Waals surface area contributed by atoms with Gasteiger partial charge in [-0.2, -0.15) is 5.10 Å². The van der Waals surface area contributed by atoms with Gasteiger partial charge < -0.3 is 10.1 Å². The monoisotopic (exact) mass is 257 g/mol. The van der Waals surface area contributed by atoms with E-state index in [0.717, 1.165) is 38.3 Å². The van der Waals surface area contributed by atoms with Crippen LogP contribution in [0.25, 0.3) is 5.69 Å². The molecule has 1 aliphatic rings. The van der Waals surface area contributed by atoms with Crippen LogP contribution >= 0.6 is 0 Å². The van der Waals surface area contributed by atoms with Crippen LogP contribution < -0.4 is 5.32 Å². The highest BCUT2D eigenvalue weighted by Crippen LogP contribution is 2.10. The van der Waals surface area contributed by atoms with E-state index in [4.69, 9.17) is 4.74 Å². The van der Waals surface area contributed by atoms with Crippen LogP contribution in [0.3, 0.4) is 0 Å². The fourth-order valence-corrected chi connectivity index (χ4v) is 2.36. The summed E-state index contributed by atoms with van der Waals surface area (Å²) in [6, 6.07) is 10.7. The number of ether oxygens (including phenoxy) is 1. The van der Waals surface area contributed by atoms with E-state index in [2.05, 4.69) is 28.7 Å². The number of hydrogen-bond acceptors (Lipinski definition) is 3. The molecular formula is C15H19N3O. The molecule has 0 saturated carbocycles. The SMILES string of the molecule is c1ccc(-n2cc(CCC3COCCN3)cn2)cc1. The van der Waals surface area contributed by atoms with Crippen molar-refractivity contribution in [2.24, 2.45) is 0 Å². The molecule has 100 valence electrons. The summed E-state index contributed by atoms with van der Waals surface area (Å²) >= 11 is 0. The van der Waals surface area contributed by atoms with E-state index in [1.807, 2.05) is 29.1 Å². The minimum atomic E-state index is 0.480. The first-order valence-electron chi connectivity index (χ1n) is 6.82. The van der Waals surface area contributed by atoms with E-state index < -0.39 is 0 Å². The lowest BCUT2D eigenvalue weighted by atomic mass is 10.1. The molecule has 19 heavy (non-hydrogen) atoms. The minimum Gasteiger partial charge on any atom is -0.379 e. The summed E-state index contributed by atoms with van der Waals surface area (Å²) < 4.78 is 7.39. The average molecular weight is 257 g/mol. The van der Waals surface area contributed by atoms with Crippen LogP contribution in [-0.2, 0) is 11.2 Å². The van der Waals surface area contributed by atoms with Crippen molar-refractivity contribution in [1.82, 2.24) is 15.1 Å². The van der Waals surface area contributed by atoms with Crippen LogP contribution in [0.2, 0.25) is 0 Å². The first-order valence-corrected chi connectivity index (χ1v) is 6.82. The van der Waals surface area contributed by atoms with Gasteiger partial charge in [0.15, 0.2) is 0 Å². The van der Waals surface area contributed by atoms with Gasteiger partial charge in [0.2, 0.25) is 0 Å². The molecule has 0 bridgehead atoms. The van der Waals surface area contributed by atoms with E-state index >= 15 is 0 Å². The third kappa shape index (κ3) is 3.22. The molecule has 2 heterocycles. The molecule has 1 unspecified atom stereocenters. The molecule has 0 amide bonds. The number of morpholine rings is 1. The Hall–Kier alpha value is -1.65. The molecule has 1 aromatic heterocycles. The maximum atomic E-state index is 5.46. The molecule has 1 aliphatic heterocycles. The lowest BCUT2D eigenvalue weighted by Gasteiger charge is -2.23. The molecule has 3 rings (SSSR count). The smallest absolute Gasteiger partial charge is 0.0645 e. The second kappa shape index (κ2) is 5.99. The third-order valence-electron chi connectivity index (χ3n) is 3.44. The van der Waals surface area contributed by atoms with Gasteiger partial charge in [0.1, 0.15) is 0 Å². The Balaban J connectivity index is 1.59. The van der Waals surface area contributed by atoms with Crippen LogP contribution in [0.4, 0.5) is 0 Å². The Morgan fingerprint density at radius 2 is 2.21 bits per heavy atom. The molecular weight excluding hydrogens is 238 g/mol. The van der Waals surface area contributed by atoms with Gasteiger partial charge in [0.25, 0.3) is 0 Å². The topological polar surface area (TPSA) is 39.1 Å². The lowest BCUT2D eigenvalue weighted by Crippen LogP contribution is -2.41. The van der Waals surface area contributed by atoms with Crippen LogP contribution in [0.15, 0.2) is 42.7 Å². The molecule has 2 aromatic rings. The highest BCUT2D eigenvalue weighted by molar-refractivity contribution is 5.30. The van der Waals surface area contributed by atoms with Gasteiger partial charge in [-0.15, -0.1) is 0 Å². The summed E-state index contributed by atoms with van der Waals surface area (Å²) in [5.74, 6) is 0. The Bertz CT molecular complexity index is 503. The maximum Gasteiger partial charge on any atom is 0.0645 e. The Morgan fingerprint density at radius 3 is 3.00 bits per heavy atom. The van der Waals surface area contributed by atoms with Gasteiger partial charge in [-0.05, 0) is 30.5 Å². The summed E-state index contributed by atoms with van der Waals surface area (Å²) in [5, 5.41) is 7.89. The molecule has 0 radical (unpaired) electrons. The zero-order valence-electron chi connectivity index (χ0n) is 11.0. The van der Waals surface area contributed by atoms with Gasteiger partial charge in [0, 0.05) is 18.8 Å². The van der Waals surface area contributed by atoms with Gasteiger partial charge >= 0.3 is 0 Å². The van der Waals surface area contributed by atoms with Gasteiger partial charge in [0.05, 0.1) is 25.1 Å². The lowest BCUT2D eigenvalue weighted by molar-refractivity contribution is 0.0743. The van der Waals surface area contributed by atoms with E-state index in [0.29, 0.717) is 6.04 Å². The first-order chi connectivity index (χ1) is 9.42. The van der Waals surface area contributed by atoms with Crippen LogP contribution in [0.1, 0.15) is 12.0 Å². The number of para-hydroxylation sites is 1. The fraction of sp³-hybridized carbons (Fsp3) is 0.400. The molecule has 1 fully saturated rings. The van der Waals surface area contributed by atoms with Crippen molar-refractivity contribution < 1.29 is 4.74 Å². The molecule has 1 atom stereocenters. The zero-order valence-corrected chi connectivity index (χ0v) is 11.0. The molecule has 4 heteroatoms. The Kier molecular flexibility index (Phi) is 3.91. The van der Waals surface area contributed by atoms with Crippen molar-refractivity contribution in [2.45, 2.75) is 18.9 Å². The highest BCUT2D eigenvalue weighted by atomic mass is 16.5. The van der Waals surface area contributed by atoms with Crippen LogP contribution in [-0.4, -0.2) is 35.6 Å². The standard InChI is InChI=1S/C15H19N3O/c1-2-4-15(5-3-1)18-11-13(10-17-18)6-7-14-12-19-9-8-16-14/h1-5,10-11,14,16H,6-9,12H2. The quantitative estimate of drug-likeness (QED) is 0.907. The average Bonchev–Trinajstić information content (AvgIpc) is 2.96. The van der Waals surface area contributed by atoms with E-state index in [1.165, 1.54) is 5.56 Å². The number of aromatic nitrogens is 2. The second-order valence-corrected chi connectivity index (χ2v) is 4.89. The van der Waals surface area contributed by atoms with Crippen molar-refractivity contribution in [3.05, 3.63) is 48.3 Å². The highest BCUT2D eigenvalue weighted by Gasteiger charge is 2.13. The molecule has 4 nitrogen and oxygen atoms in total. The molecule has 1 N–H and O–H groups in total. The zero-order chi connectivity index (χ0) is 12.9. The summed E-state index contributed by atoms with van der Waals surface area (Å²) in [6.07, 6.45) is 6.20. The number of rotatable bonds is 4. The van der Waals surface area contributed by atoms with Gasteiger partial charge in [-0.25, -0.2) is 4.68 Å². The third-order valence-corrected chi connectivity index (χ3v) is 3.44. The van der Waals surface area contributed by atoms with E-state index in [-0.39, 0.29) is 0 Å². The van der Waals surface area contributed by atoms with Crippen molar-refractivity contribution in [3.63, 3.8) is 0 Å². The van der Waals surface area contributed by atoms with Crippen molar-refractivity contribution in [2.75, 3.05) is 19.8 Å². The molecule has 0 spiro atoms. The number of nitrogens with zero attached hydrogens (tertiary/aromatic N) is 2. The number of nitrogens with one attached hydrogen (secondary N) is 1. The summed E-state index contributed by atoms with van der Waals surface area (Å²) in [7, 11) is 0. The van der Waals surface area contributed by atoms with Crippen LogP contribution in [0, 0.1) is 0 Å². The minimum absolute atomic E-state index is 0.480. The normalized spacial score (nSPS) is 19.5. The van der Waals surface area contributed by atoms with Crippen molar-refractivity contribution >= 4 is 0 Å². The number of benzene rings is 1. The summed E-state index contributed by atoms with van der Waals surface area (Å²) in [4.78, 5) is 0. The number of hydrogen-bond donors (Lipinski definition) is 1. The molecule has 1 saturated heterocycles. The molecule has 1 aromatic carbocycles. The predicted molar refractivity (Wildman–Crippen MR) is 74.5 cm³/mol. The van der Waals surface area contributed by atoms with Crippen molar-refractivity contribution in [3.8, 4) is 5.69 Å². The second-order valence-electron chi connectivity index (χ2n) is 4.89. The first kappa shape index (κ1) is 12.4. The number of aryl methyl sites for hydroxylation is 1. The summed E-state index contributed by atoms with van der Waals surface area (Å²) in [6.45, 7) is 2.63. The van der Waals surface area contributed by atoms with Crippen LogP contribution in [0.5, 0.6) is 0 Å². The van der Waals surface area contributed by atoms with E-state index in [1.54, 1.807) is 0 Å². The Labute approximate surface area is 113 Å². The van der Waals surface area contributed by atoms with Gasteiger partial charge in [-0.1, -0.05) is 18.2 Å². The fourth-order valence-electron chi connectivity index (χ4n) is 2.36.